The van der Waals surface area contributed by atoms with Crippen LogP contribution in [0.1, 0.15) is 27.2 Å². The van der Waals surface area contributed by atoms with Crippen molar-refractivity contribution in [2.24, 2.45) is 17.8 Å². The molecule has 17 heavy (non-hydrogen) atoms. The molecule has 2 aliphatic rings. The van der Waals surface area contributed by atoms with Crippen LogP contribution in [-0.4, -0.2) is 50.3 Å². The number of rotatable bonds is 2. The van der Waals surface area contributed by atoms with Gasteiger partial charge in [0.15, 0.2) is 0 Å². The average Bonchev–Trinajstić information content (AvgIpc) is 2.78. The first-order chi connectivity index (χ1) is 8.16. The summed E-state index contributed by atoms with van der Waals surface area (Å²) in [6.07, 6.45) is 1.25. The second-order valence-electron chi connectivity index (χ2n) is 6.19. The van der Waals surface area contributed by atoms with Crippen LogP contribution in [-0.2, 0) is 4.74 Å². The first kappa shape index (κ1) is 13.3. The summed E-state index contributed by atoms with van der Waals surface area (Å²) < 4.78 is 5.54. The molecule has 0 bridgehead atoms. The molecule has 2 heterocycles. The topological polar surface area (TPSA) is 24.5 Å². The lowest BCUT2D eigenvalue weighted by Crippen LogP contribution is -2.48. The predicted molar refractivity (Wildman–Crippen MR) is 71.2 cm³/mol. The van der Waals surface area contributed by atoms with Gasteiger partial charge in [-0.2, -0.15) is 0 Å². The van der Waals surface area contributed by atoms with Crippen molar-refractivity contribution in [1.82, 2.24) is 10.2 Å². The van der Waals surface area contributed by atoms with Crippen molar-refractivity contribution in [2.75, 3.05) is 39.4 Å². The standard InChI is InChI=1S/C14H28N2O/c1-11-6-15-7-12(2)9-16(8-11)13(3)14-4-5-17-10-14/h11-15H,4-10H2,1-3H3. The monoisotopic (exact) mass is 240 g/mol. The van der Waals surface area contributed by atoms with E-state index in [0.717, 1.165) is 44.1 Å². The minimum Gasteiger partial charge on any atom is -0.381 e. The summed E-state index contributed by atoms with van der Waals surface area (Å²) >= 11 is 0. The zero-order valence-electron chi connectivity index (χ0n) is 11.6. The smallest absolute Gasteiger partial charge is 0.0509 e. The van der Waals surface area contributed by atoms with E-state index >= 15 is 0 Å². The van der Waals surface area contributed by atoms with Crippen LogP contribution >= 0.6 is 0 Å². The Morgan fingerprint density at radius 1 is 1.18 bits per heavy atom. The molecule has 100 valence electrons. The minimum absolute atomic E-state index is 0.681. The van der Waals surface area contributed by atoms with Gasteiger partial charge in [0.1, 0.15) is 0 Å². The first-order valence-electron chi connectivity index (χ1n) is 7.19. The Labute approximate surface area is 106 Å². The van der Waals surface area contributed by atoms with Crippen molar-refractivity contribution >= 4 is 0 Å². The first-order valence-corrected chi connectivity index (χ1v) is 7.19. The lowest BCUT2D eigenvalue weighted by Gasteiger charge is -2.38. The second-order valence-corrected chi connectivity index (χ2v) is 6.19. The molecule has 0 amide bonds. The van der Waals surface area contributed by atoms with Crippen LogP contribution in [0.3, 0.4) is 0 Å². The lowest BCUT2D eigenvalue weighted by molar-refractivity contribution is 0.0941. The van der Waals surface area contributed by atoms with Gasteiger partial charge in [-0.05, 0) is 44.2 Å². The third-order valence-corrected chi connectivity index (χ3v) is 4.30. The Balaban J connectivity index is 1.94. The molecular formula is C14H28N2O. The van der Waals surface area contributed by atoms with Gasteiger partial charge in [0.25, 0.3) is 0 Å². The van der Waals surface area contributed by atoms with Crippen LogP contribution in [0.2, 0.25) is 0 Å². The maximum Gasteiger partial charge on any atom is 0.0509 e. The van der Waals surface area contributed by atoms with Gasteiger partial charge in [-0.25, -0.2) is 0 Å². The summed E-state index contributed by atoms with van der Waals surface area (Å²) in [7, 11) is 0. The molecule has 1 N–H and O–H groups in total. The number of nitrogens with one attached hydrogen (secondary N) is 1. The van der Waals surface area contributed by atoms with E-state index in [1.165, 1.54) is 19.5 Å². The van der Waals surface area contributed by atoms with Gasteiger partial charge in [-0.15, -0.1) is 0 Å². The normalized spacial score (nSPS) is 38.6. The molecular weight excluding hydrogens is 212 g/mol. The molecule has 4 atom stereocenters. The molecule has 2 saturated heterocycles. The van der Waals surface area contributed by atoms with Crippen LogP contribution in [0.15, 0.2) is 0 Å². The van der Waals surface area contributed by atoms with E-state index in [-0.39, 0.29) is 0 Å². The Morgan fingerprint density at radius 3 is 2.35 bits per heavy atom. The fraction of sp³-hybridized carbons (Fsp3) is 1.00. The van der Waals surface area contributed by atoms with Crippen molar-refractivity contribution in [3.63, 3.8) is 0 Å². The Hall–Kier alpha value is -0.120. The molecule has 0 spiro atoms. The second kappa shape index (κ2) is 6.17. The van der Waals surface area contributed by atoms with Crippen LogP contribution < -0.4 is 5.32 Å². The molecule has 2 aliphatic heterocycles. The largest absolute Gasteiger partial charge is 0.381 e. The molecule has 0 radical (unpaired) electrons. The van der Waals surface area contributed by atoms with Gasteiger partial charge >= 0.3 is 0 Å². The van der Waals surface area contributed by atoms with Crippen LogP contribution in [0.25, 0.3) is 0 Å². The van der Waals surface area contributed by atoms with Crippen molar-refractivity contribution in [2.45, 2.75) is 33.2 Å². The van der Waals surface area contributed by atoms with Crippen molar-refractivity contribution < 1.29 is 4.74 Å². The fourth-order valence-corrected chi connectivity index (χ4v) is 3.14. The van der Waals surface area contributed by atoms with Gasteiger partial charge in [0.05, 0.1) is 6.61 Å². The Kier molecular flexibility index (Phi) is 4.83. The zero-order chi connectivity index (χ0) is 12.3. The third kappa shape index (κ3) is 3.67. The minimum atomic E-state index is 0.681. The summed E-state index contributed by atoms with van der Waals surface area (Å²) in [6, 6.07) is 0.681. The van der Waals surface area contributed by atoms with E-state index < -0.39 is 0 Å². The van der Waals surface area contributed by atoms with Gasteiger partial charge in [0.2, 0.25) is 0 Å². The molecule has 2 fully saturated rings. The van der Waals surface area contributed by atoms with Crippen molar-refractivity contribution in [3.8, 4) is 0 Å². The zero-order valence-corrected chi connectivity index (χ0v) is 11.6. The molecule has 0 aromatic carbocycles. The number of hydrogen-bond donors (Lipinski definition) is 1. The SMILES string of the molecule is CC1CNCC(C)CN(C(C)C2CCOC2)C1. The summed E-state index contributed by atoms with van der Waals surface area (Å²) in [5, 5.41) is 3.56. The molecule has 3 nitrogen and oxygen atoms in total. The summed E-state index contributed by atoms with van der Waals surface area (Å²) in [5.41, 5.74) is 0. The summed E-state index contributed by atoms with van der Waals surface area (Å²) in [5.74, 6) is 2.27. The van der Waals surface area contributed by atoms with E-state index in [0.29, 0.717) is 6.04 Å². The lowest BCUT2D eigenvalue weighted by atomic mass is 9.95. The van der Waals surface area contributed by atoms with E-state index in [2.05, 4.69) is 31.0 Å². The summed E-state index contributed by atoms with van der Waals surface area (Å²) in [6.45, 7) is 13.8. The highest BCUT2D eigenvalue weighted by molar-refractivity contribution is 4.82. The van der Waals surface area contributed by atoms with Gasteiger partial charge in [0, 0.05) is 25.7 Å². The van der Waals surface area contributed by atoms with E-state index in [9.17, 15) is 0 Å². The molecule has 3 heteroatoms. The number of nitrogens with zero attached hydrogens (tertiary/aromatic N) is 1. The highest BCUT2D eigenvalue weighted by Gasteiger charge is 2.29. The van der Waals surface area contributed by atoms with Crippen LogP contribution in [0, 0.1) is 17.8 Å². The molecule has 0 aromatic heterocycles. The van der Waals surface area contributed by atoms with E-state index in [1.807, 2.05) is 0 Å². The quantitative estimate of drug-likeness (QED) is 0.793. The highest BCUT2D eigenvalue weighted by atomic mass is 16.5. The summed E-state index contributed by atoms with van der Waals surface area (Å²) in [4.78, 5) is 2.70. The van der Waals surface area contributed by atoms with Crippen LogP contribution in [0.5, 0.6) is 0 Å². The van der Waals surface area contributed by atoms with Gasteiger partial charge in [-0.1, -0.05) is 13.8 Å². The average molecular weight is 240 g/mol. The molecule has 4 unspecified atom stereocenters. The molecule has 0 saturated carbocycles. The maximum absolute atomic E-state index is 5.54. The van der Waals surface area contributed by atoms with Gasteiger partial charge < -0.3 is 10.1 Å². The van der Waals surface area contributed by atoms with E-state index in [1.54, 1.807) is 0 Å². The third-order valence-electron chi connectivity index (χ3n) is 4.30. The van der Waals surface area contributed by atoms with Crippen molar-refractivity contribution in [1.29, 1.82) is 0 Å². The predicted octanol–water partition coefficient (Wildman–Crippen LogP) is 1.59. The Bertz CT molecular complexity index is 216. The maximum atomic E-state index is 5.54. The number of ether oxygens (including phenoxy) is 1. The van der Waals surface area contributed by atoms with Gasteiger partial charge in [-0.3, -0.25) is 4.90 Å². The molecule has 0 aromatic rings. The van der Waals surface area contributed by atoms with E-state index in [4.69, 9.17) is 4.74 Å². The molecule has 2 rings (SSSR count). The van der Waals surface area contributed by atoms with Crippen molar-refractivity contribution in [3.05, 3.63) is 0 Å². The fourth-order valence-electron chi connectivity index (χ4n) is 3.14. The molecule has 0 aliphatic carbocycles. The highest BCUT2D eigenvalue weighted by Crippen LogP contribution is 2.23. The number of hydrogen-bond acceptors (Lipinski definition) is 3. The Morgan fingerprint density at radius 2 is 1.82 bits per heavy atom. The van der Waals surface area contributed by atoms with Crippen LogP contribution in [0.4, 0.5) is 0 Å².